The van der Waals surface area contributed by atoms with Crippen molar-refractivity contribution in [2.45, 2.75) is 32.3 Å². The van der Waals surface area contributed by atoms with Gasteiger partial charge in [-0.05, 0) is 19.8 Å². The molecule has 1 aliphatic heterocycles. The Labute approximate surface area is 121 Å². The maximum absolute atomic E-state index is 12.2. The first-order chi connectivity index (χ1) is 9.56. The molecule has 0 atom stereocenters. The number of carboxylic acid groups (broad SMARTS) is 1. The van der Waals surface area contributed by atoms with Crippen molar-refractivity contribution in [3.05, 3.63) is 16.1 Å². The molecule has 1 fully saturated rings. The summed E-state index contributed by atoms with van der Waals surface area (Å²) in [5, 5.41) is 11.2. The molecule has 1 amide bonds. The molecule has 1 N–H and O–H groups in total. The van der Waals surface area contributed by atoms with Crippen molar-refractivity contribution in [1.29, 1.82) is 0 Å². The van der Waals surface area contributed by atoms with Gasteiger partial charge in [-0.15, -0.1) is 11.3 Å². The number of hydrogen-bond donors (Lipinski definition) is 1. The second-order valence-corrected chi connectivity index (χ2v) is 5.82. The third-order valence-electron chi connectivity index (χ3n) is 3.24. The molecule has 1 saturated heterocycles. The zero-order valence-electron chi connectivity index (χ0n) is 11.4. The highest BCUT2D eigenvalue weighted by Gasteiger charge is 2.25. The van der Waals surface area contributed by atoms with Crippen LogP contribution in [0.15, 0.2) is 5.38 Å². The molecule has 1 aromatic heterocycles. The molecule has 7 heteroatoms. The molecule has 110 valence electrons. The molecule has 0 aliphatic carbocycles. The van der Waals surface area contributed by atoms with E-state index < -0.39 is 5.97 Å². The number of thiazole rings is 1. The molecule has 1 aliphatic rings. The maximum atomic E-state index is 12.2. The normalized spacial score (nSPS) is 16.4. The van der Waals surface area contributed by atoms with Crippen LogP contribution in [-0.2, 0) is 9.53 Å². The van der Waals surface area contributed by atoms with E-state index in [2.05, 4.69) is 4.98 Å². The number of aromatic nitrogens is 1. The fourth-order valence-electron chi connectivity index (χ4n) is 2.16. The molecule has 0 aromatic carbocycles. The topological polar surface area (TPSA) is 79.7 Å². The Bertz CT molecular complexity index is 480. The van der Waals surface area contributed by atoms with Crippen molar-refractivity contribution in [1.82, 2.24) is 9.88 Å². The van der Waals surface area contributed by atoms with Gasteiger partial charge < -0.3 is 14.7 Å². The molecular formula is C13H18N2O4S. The molecular weight excluding hydrogens is 280 g/mol. The van der Waals surface area contributed by atoms with Crippen molar-refractivity contribution in [3.63, 3.8) is 0 Å². The summed E-state index contributed by atoms with van der Waals surface area (Å²) in [6.45, 7) is 3.38. The smallest absolute Gasteiger partial charge is 0.305 e. The van der Waals surface area contributed by atoms with Gasteiger partial charge in [0.15, 0.2) is 0 Å². The number of amides is 1. The molecule has 0 bridgehead atoms. The number of likely N-dealkylation sites (tertiary alicyclic amines) is 1. The van der Waals surface area contributed by atoms with E-state index in [1.807, 2.05) is 6.92 Å². The van der Waals surface area contributed by atoms with E-state index in [9.17, 15) is 9.59 Å². The number of aliphatic carboxylic acids is 1. The van der Waals surface area contributed by atoms with Crippen LogP contribution in [0.2, 0.25) is 0 Å². The molecule has 20 heavy (non-hydrogen) atoms. The van der Waals surface area contributed by atoms with Gasteiger partial charge in [0.05, 0.1) is 24.1 Å². The third-order valence-corrected chi connectivity index (χ3v) is 4.01. The lowest BCUT2D eigenvalue weighted by atomic mass is 10.1. The van der Waals surface area contributed by atoms with Gasteiger partial charge in [0.1, 0.15) is 5.69 Å². The largest absolute Gasteiger partial charge is 0.481 e. The molecule has 1 aromatic rings. The van der Waals surface area contributed by atoms with Crippen molar-refractivity contribution in [2.75, 3.05) is 19.7 Å². The van der Waals surface area contributed by atoms with Gasteiger partial charge in [-0.2, -0.15) is 0 Å². The van der Waals surface area contributed by atoms with Crippen LogP contribution in [0.3, 0.4) is 0 Å². The summed E-state index contributed by atoms with van der Waals surface area (Å²) in [7, 11) is 0. The number of piperidine rings is 1. The number of hydrogen-bond acceptors (Lipinski definition) is 5. The summed E-state index contributed by atoms with van der Waals surface area (Å²) < 4.78 is 5.50. The highest BCUT2D eigenvalue weighted by Crippen LogP contribution is 2.17. The Kier molecular flexibility index (Phi) is 5.08. The SMILES string of the molecule is Cc1nc(C(=O)N2CCC(OCCC(=O)O)CC2)cs1. The van der Waals surface area contributed by atoms with Gasteiger partial charge in [0.25, 0.3) is 5.91 Å². The zero-order valence-corrected chi connectivity index (χ0v) is 12.2. The first kappa shape index (κ1) is 14.9. The average molecular weight is 298 g/mol. The van der Waals surface area contributed by atoms with Crippen LogP contribution in [-0.4, -0.2) is 52.7 Å². The van der Waals surface area contributed by atoms with E-state index in [4.69, 9.17) is 9.84 Å². The number of carboxylic acids is 1. The van der Waals surface area contributed by atoms with Gasteiger partial charge in [0, 0.05) is 18.5 Å². The molecule has 0 spiro atoms. The Balaban J connectivity index is 1.76. The number of carbonyl (C=O) groups is 2. The van der Waals surface area contributed by atoms with Crippen LogP contribution in [0, 0.1) is 6.92 Å². The predicted molar refractivity (Wildman–Crippen MR) is 74.0 cm³/mol. The fraction of sp³-hybridized carbons (Fsp3) is 0.615. The van der Waals surface area contributed by atoms with Crippen molar-refractivity contribution < 1.29 is 19.4 Å². The Morgan fingerprint density at radius 2 is 2.20 bits per heavy atom. The second-order valence-electron chi connectivity index (χ2n) is 4.76. The van der Waals surface area contributed by atoms with Crippen LogP contribution in [0.4, 0.5) is 0 Å². The summed E-state index contributed by atoms with van der Waals surface area (Å²) in [4.78, 5) is 28.6. The number of rotatable bonds is 5. The molecule has 2 rings (SSSR count). The monoisotopic (exact) mass is 298 g/mol. The minimum atomic E-state index is -0.850. The van der Waals surface area contributed by atoms with Gasteiger partial charge >= 0.3 is 5.97 Å². The van der Waals surface area contributed by atoms with Crippen LogP contribution in [0.1, 0.15) is 34.8 Å². The maximum Gasteiger partial charge on any atom is 0.305 e. The molecule has 0 saturated carbocycles. The summed E-state index contributed by atoms with van der Waals surface area (Å²) in [5.74, 6) is -0.880. The Hall–Kier alpha value is -1.47. The van der Waals surface area contributed by atoms with Gasteiger partial charge in [-0.3, -0.25) is 9.59 Å². The number of carbonyl (C=O) groups excluding carboxylic acids is 1. The van der Waals surface area contributed by atoms with E-state index in [1.165, 1.54) is 11.3 Å². The standard InChI is InChI=1S/C13H18N2O4S/c1-9-14-11(8-20-9)13(18)15-5-2-10(3-6-15)19-7-4-12(16)17/h8,10H,2-7H2,1H3,(H,16,17). The van der Waals surface area contributed by atoms with Gasteiger partial charge in [0.2, 0.25) is 0 Å². The lowest BCUT2D eigenvalue weighted by Gasteiger charge is -2.31. The van der Waals surface area contributed by atoms with E-state index in [0.29, 0.717) is 18.8 Å². The van der Waals surface area contributed by atoms with Crippen LogP contribution in [0.25, 0.3) is 0 Å². The van der Waals surface area contributed by atoms with Crippen LogP contribution < -0.4 is 0 Å². The quantitative estimate of drug-likeness (QED) is 0.892. The first-order valence-corrected chi connectivity index (χ1v) is 7.49. The van der Waals surface area contributed by atoms with Crippen LogP contribution in [0.5, 0.6) is 0 Å². The lowest BCUT2D eigenvalue weighted by Crippen LogP contribution is -2.41. The number of ether oxygens (including phenoxy) is 1. The van der Waals surface area contributed by atoms with E-state index in [-0.39, 0.29) is 25.0 Å². The summed E-state index contributed by atoms with van der Waals surface area (Å²) in [6.07, 6.45) is 1.57. The molecule has 0 unspecified atom stereocenters. The van der Waals surface area contributed by atoms with E-state index in [0.717, 1.165) is 17.8 Å². The highest BCUT2D eigenvalue weighted by atomic mass is 32.1. The molecule has 6 nitrogen and oxygen atoms in total. The molecule has 0 radical (unpaired) electrons. The van der Waals surface area contributed by atoms with Gasteiger partial charge in [-0.1, -0.05) is 0 Å². The Morgan fingerprint density at radius 3 is 2.75 bits per heavy atom. The van der Waals surface area contributed by atoms with Gasteiger partial charge in [-0.25, -0.2) is 4.98 Å². The summed E-state index contributed by atoms with van der Waals surface area (Å²) in [6, 6.07) is 0. The van der Waals surface area contributed by atoms with E-state index in [1.54, 1.807) is 10.3 Å². The molecule has 2 heterocycles. The van der Waals surface area contributed by atoms with Crippen molar-refractivity contribution in [3.8, 4) is 0 Å². The minimum Gasteiger partial charge on any atom is -0.481 e. The average Bonchev–Trinajstić information content (AvgIpc) is 2.85. The minimum absolute atomic E-state index is 0.0250. The van der Waals surface area contributed by atoms with Crippen molar-refractivity contribution in [2.24, 2.45) is 0 Å². The number of aryl methyl sites for hydroxylation is 1. The van der Waals surface area contributed by atoms with E-state index >= 15 is 0 Å². The highest BCUT2D eigenvalue weighted by molar-refractivity contribution is 7.09. The lowest BCUT2D eigenvalue weighted by molar-refractivity contribution is -0.138. The zero-order chi connectivity index (χ0) is 14.5. The summed E-state index contributed by atoms with van der Waals surface area (Å²) in [5.41, 5.74) is 0.512. The third kappa shape index (κ3) is 4.01. The first-order valence-electron chi connectivity index (χ1n) is 6.61. The van der Waals surface area contributed by atoms with Crippen molar-refractivity contribution >= 4 is 23.2 Å². The second kappa shape index (κ2) is 6.81. The Morgan fingerprint density at radius 1 is 1.50 bits per heavy atom. The fourth-order valence-corrected chi connectivity index (χ4v) is 2.75. The predicted octanol–water partition coefficient (Wildman–Crippen LogP) is 1.55. The van der Waals surface area contributed by atoms with Crippen LogP contribution >= 0.6 is 11.3 Å². The number of nitrogens with zero attached hydrogens (tertiary/aromatic N) is 2. The summed E-state index contributed by atoms with van der Waals surface area (Å²) >= 11 is 1.47.